The summed E-state index contributed by atoms with van der Waals surface area (Å²) in [4.78, 5) is 0. The van der Waals surface area contributed by atoms with E-state index in [1.807, 2.05) is 0 Å². The molecular weight excluding hydrogens is 258 g/mol. The van der Waals surface area contributed by atoms with Crippen molar-refractivity contribution in [2.45, 2.75) is 65.5 Å². The molecule has 108 valence electrons. The second kappa shape index (κ2) is 6.76. The average molecular weight is 284 g/mol. The second-order valence-electron chi connectivity index (χ2n) is 5.42. The third kappa shape index (κ3) is 3.51. The smallest absolute Gasteiger partial charge is 0.0849 e. The minimum atomic E-state index is 0.659. The average Bonchev–Trinajstić information content (AvgIpc) is 3.20. The highest BCUT2D eigenvalue weighted by molar-refractivity contribution is 6.31. The Morgan fingerprint density at radius 1 is 1.37 bits per heavy atom. The highest BCUT2D eigenvalue weighted by atomic mass is 35.5. The summed E-state index contributed by atoms with van der Waals surface area (Å²) in [5.41, 5.74) is 2.27. The maximum Gasteiger partial charge on any atom is 0.0849 e. The van der Waals surface area contributed by atoms with Crippen LogP contribution in [0.1, 0.15) is 51.4 Å². The van der Waals surface area contributed by atoms with Gasteiger partial charge >= 0.3 is 0 Å². The molecule has 4 heteroatoms. The van der Waals surface area contributed by atoms with Gasteiger partial charge in [-0.2, -0.15) is 5.10 Å². The molecule has 1 unspecified atom stereocenters. The first-order valence-corrected chi connectivity index (χ1v) is 8.06. The summed E-state index contributed by atoms with van der Waals surface area (Å²) in [6.45, 7) is 8.40. The predicted octanol–water partition coefficient (Wildman–Crippen LogP) is 3.44. The van der Waals surface area contributed by atoms with Crippen molar-refractivity contribution in [3.63, 3.8) is 0 Å². The summed E-state index contributed by atoms with van der Waals surface area (Å²) >= 11 is 6.46. The van der Waals surface area contributed by atoms with E-state index in [4.69, 9.17) is 11.6 Å². The van der Waals surface area contributed by atoms with Gasteiger partial charge in [0, 0.05) is 12.6 Å². The topological polar surface area (TPSA) is 29.9 Å². The largest absolute Gasteiger partial charge is 0.314 e. The lowest BCUT2D eigenvalue weighted by atomic mass is 10.0. The fourth-order valence-electron chi connectivity index (χ4n) is 2.81. The van der Waals surface area contributed by atoms with Crippen LogP contribution in [-0.4, -0.2) is 22.4 Å². The lowest BCUT2D eigenvalue weighted by molar-refractivity contribution is 0.439. The van der Waals surface area contributed by atoms with Crippen LogP contribution in [0.25, 0.3) is 0 Å². The van der Waals surface area contributed by atoms with Gasteiger partial charge in [0.25, 0.3) is 0 Å². The number of rotatable bonds is 8. The number of nitrogens with one attached hydrogen (secondary N) is 1. The van der Waals surface area contributed by atoms with Gasteiger partial charge in [0.2, 0.25) is 0 Å². The molecule has 1 atom stereocenters. The molecule has 0 bridgehead atoms. The van der Waals surface area contributed by atoms with Crippen LogP contribution in [0.3, 0.4) is 0 Å². The van der Waals surface area contributed by atoms with Gasteiger partial charge < -0.3 is 5.32 Å². The van der Waals surface area contributed by atoms with Crippen LogP contribution >= 0.6 is 11.6 Å². The van der Waals surface area contributed by atoms with E-state index in [0.717, 1.165) is 42.6 Å². The van der Waals surface area contributed by atoms with E-state index in [2.05, 4.69) is 35.9 Å². The first-order valence-electron chi connectivity index (χ1n) is 7.68. The zero-order valence-electron chi connectivity index (χ0n) is 12.4. The van der Waals surface area contributed by atoms with Gasteiger partial charge in [-0.15, -0.1) is 0 Å². The molecule has 0 amide bonds. The van der Waals surface area contributed by atoms with Gasteiger partial charge in [-0.1, -0.05) is 25.4 Å². The standard InChI is InChI=1S/C15H26ClN3/c1-4-12-15(16)14(19(6-3)18-12)10-9-13(17-5-2)11-7-8-11/h11,13,17H,4-10H2,1-3H3. The molecule has 1 aromatic rings. The summed E-state index contributed by atoms with van der Waals surface area (Å²) in [6.07, 6.45) is 5.90. The highest BCUT2D eigenvalue weighted by Crippen LogP contribution is 2.35. The van der Waals surface area contributed by atoms with Crippen LogP contribution in [0.4, 0.5) is 0 Å². The molecule has 0 saturated heterocycles. The van der Waals surface area contributed by atoms with Gasteiger partial charge in [-0.05, 0) is 51.5 Å². The molecule has 0 spiro atoms. The maximum atomic E-state index is 6.46. The molecule has 1 heterocycles. The number of aromatic nitrogens is 2. The van der Waals surface area contributed by atoms with Crippen LogP contribution < -0.4 is 5.32 Å². The summed E-state index contributed by atoms with van der Waals surface area (Å²) in [5, 5.41) is 9.11. The van der Waals surface area contributed by atoms with E-state index in [9.17, 15) is 0 Å². The van der Waals surface area contributed by atoms with E-state index in [0.29, 0.717) is 6.04 Å². The molecule has 19 heavy (non-hydrogen) atoms. The number of aryl methyl sites for hydroxylation is 2. The molecule has 0 aromatic carbocycles. The number of halogens is 1. The Labute approximate surface area is 121 Å². The van der Waals surface area contributed by atoms with Gasteiger partial charge in [-0.3, -0.25) is 4.68 Å². The minimum absolute atomic E-state index is 0.659. The Hall–Kier alpha value is -0.540. The quantitative estimate of drug-likeness (QED) is 0.792. The summed E-state index contributed by atoms with van der Waals surface area (Å²) in [7, 11) is 0. The SMILES string of the molecule is CCNC(CCc1c(Cl)c(CC)nn1CC)C1CC1. The third-order valence-corrected chi connectivity index (χ3v) is 4.48. The minimum Gasteiger partial charge on any atom is -0.314 e. The molecule has 1 fully saturated rings. The first kappa shape index (κ1) is 14.9. The Kier molecular flexibility index (Phi) is 5.28. The van der Waals surface area contributed by atoms with E-state index >= 15 is 0 Å². The van der Waals surface area contributed by atoms with E-state index in [1.54, 1.807) is 0 Å². The van der Waals surface area contributed by atoms with Crippen molar-refractivity contribution in [2.24, 2.45) is 5.92 Å². The van der Waals surface area contributed by atoms with Gasteiger partial charge in [0.05, 0.1) is 16.4 Å². The van der Waals surface area contributed by atoms with Crippen LogP contribution in [0, 0.1) is 5.92 Å². The molecule has 0 aliphatic heterocycles. The van der Waals surface area contributed by atoms with Crippen molar-refractivity contribution in [3.05, 3.63) is 16.4 Å². The van der Waals surface area contributed by atoms with Crippen LogP contribution in [0.15, 0.2) is 0 Å². The normalized spacial score (nSPS) is 16.8. The Balaban J connectivity index is 2.03. The fourth-order valence-corrected chi connectivity index (χ4v) is 3.18. The molecule has 1 N–H and O–H groups in total. The van der Waals surface area contributed by atoms with Crippen LogP contribution in [0.5, 0.6) is 0 Å². The Bertz CT molecular complexity index is 410. The van der Waals surface area contributed by atoms with Crippen molar-refractivity contribution < 1.29 is 0 Å². The van der Waals surface area contributed by atoms with Gasteiger partial charge in [0.1, 0.15) is 0 Å². The monoisotopic (exact) mass is 283 g/mol. The van der Waals surface area contributed by atoms with Crippen molar-refractivity contribution >= 4 is 11.6 Å². The molecule has 1 aromatic heterocycles. The maximum absolute atomic E-state index is 6.46. The second-order valence-corrected chi connectivity index (χ2v) is 5.79. The lowest BCUT2D eigenvalue weighted by Crippen LogP contribution is -2.31. The lowest BCUT2D eigenvalue weighted by Gasteiger charge is -2.17. The van der Waals surface area contributed by atoms with Gasteiger partial charge in [0.15, 0.2) is 0 Å². The molecule has 1 saturated carbocycles. The summed E-state index contributed by atoms with van der Waals surface area (Å²) in [5.74, 6) is 0.891. The highest BCUT2D eigenvalue weighted by Gasteiger charge is 2.30. The molecular formula is C15H26ClN3. The van der Waals surface area contributed by atoms with Crippen LogP contribution in [0.2, 0.25) is 5.02 Å². The summed E-state index contributed by atoms with van der Waals surface area (Å²) < 4.78 is 2.08. The number of nitrogens with zero attached hydrogens (tertiary/aromatic N) is 2. The van der Waals surface area contributed by atoms with Crippen LogP contribution in [-0.2, 0) is 19.4 Å². The van der Waals surface area contributed by atoms with E-state index in [1.165, 1.54) is 25.0 Å². The molecule has 1 aliphatic carbocycles. The zero-order valence-corrected chi connectivity index (χ0v) is 13.1. The third-order valence-electron chi connectivity index (χ3n) is 4.04. The van der Waals surface area contributed by atoms with Crippen molar-refractivity contribution in [3.8, 4) is 0 Å². The molecule has 0 radical (unpaired) electrons. The zero-order chi connectivity index (χ0) is 13.8. The molecule has 1 aliphatic rings. The number of hydrogen-bond donors (Lipinski definition) is 1. The summed E-state index contributed by atoms with van der Waals surface area (Å²) in [6, 6.07) is 0.659. The molecule has 3 nitrogen and oxygen atoms in total. The van der Waals surface area contributed by atoms with Crippen molar-refractivity contribution in [1.29, 1.82) is 0 Å². The van der Waals surface area contributed by atoms with Crippen molar-refractivity contribution in [2.75, 3.05) is 6.54 Å². The van der Waals surface area contributed by atoms with Crippen molar-refractivity contribution in [1.82, 2.24) is 15.1 Å². The van der Waals surface area contributed by atoms with E-state index in [-0.39, 0.29) is 0 Å². The van der Waals surface area contributed by atoms with Gasteiger partial charge in [-0.25, -0.2) is 0 Å². The first-order chi connectivity index (χ1) is 9.21. The molecule has 2 rings (SSSR count). The fraction of sp³-hybridized carbons (Fsp3) is 0.800. The Morgan fingerprint density at radius 3 is 2.63 bits per heavy atom. The predicted molar refractivity (Wildman–Crippen MR) is 80.8 cm³/mol. The van der Waals surface area contributed by atoms with E-state index < -0.39 is 0 Å². The number of hydrogen-bond acceptors (Lipinski definition) is 2. The Morgan fingerprint density at radius 2 is 2.11 bits per heavy atom.